The summed E-state index contributed by atoms with van der Waals surface area (Å²) >= 11 is 0. The lowest BCUT2D eigenvalue weighted by Gasteiger charge is -2.32. The van der Waals surface area contributed by atoms with E-state index in [1.54, 1.807) is 0 Å². The largest absolute Gasteiger partial charge is 0.494 e. The summed E-state index contributed by atoms with van der Waals surface area (Å²) in [6, 6.07) is 13.3. The van der Waals surface area contributed by atoms with Crippen LogP contribution in [-0.2, 0) is 9.31 Å². The van der Waals surface area contributed by atoms with Gasteiger partial charge in [-0.3, -0.25) is 0 Å². The third-order valence-corrected chi connectivity index (χ3v) is 6.69. The van der Waals surface area contributed by atoms with E-state index in [1.807, 2.05) is 6.20 Å². The highest BCUT2D eigenvalue weighted by Crippen LogP contribution is 2.36. The van der Waals surface area contributed by atoms with Crippen molar-refractivity contribution in [2.45, 2.75) is 57.8 Å². The van der Waals surface area contributed by atoms with Crippen LogP contribution in [-0.4, -0.2) is 34.8 Å². The Morgan fingerprint density at radius 2 is 1.72 bits per heavy atom. The van der Waals surface area contributed by atoms with Gasteiger partial charge >= 0.3 is 7.12 Å². The Labute approximate surface area is 172 Å². The lowest BCUT2D eigenvalue weighted by molar-refractivity contribution is 0.00578. The second kappa shape index (κ2) is 6.69. The topological polar surface area (TPSA) is 59.2 Å². The first-order valence-electron chi connectivity index (χ1n) is 10.5. The SMILES string of the molecule is CC1(C)OB(c2ccc3cc(-c4cnc([C@@H]5CCCN5)[nH]4)ccc3c2)OC1(C)C. The summed E-state index contributed by atoms with van der Waals surface area (Å²) in [5, 5.41) is 5.87. The molecule has 29 heavy (non-hydrogen) atoms. The van der Waals surface area contributed by atoms with Crippen LogP contribution in [0, 0.1) is 0 Å². The van der Waals surface area contributed by atoms with Crippen LogP contribution in [0.1, 0.15) is 52.4 Å². The van der Waals surface area contributed by atoms with E-state index < -0.39 is 0 Å². The van der Waals surface area contributed by atoms with Gasteiger partial charge in [-0.1, -0.05) is 30.3 Å². The first kappa shape index (κ1) is 18.9. The number of nitrogens with one attached hydrogen (secondary N) is 2. The molecule has 0 aliphatic carbocycles. The predicted octanol–water partition coefficient (Wildman–Crippen LogP) is 3.95. The Kier molecular flexibility index (Phi) is 4.35. The van der Waals surface area contributed by atoms with Gasteiger partial charge in [-0.25, -0.2) is 4.98 Å². The van der Waals surface area contributed by atoms with E-state index >= 15 is 0 Å². The first-order chi connectivity index (χ1) is 13.8. The van der Waals surface area contributed by atoms with E-state index in [0.29, 0.717) is 6.04 Å². The molecule has 0 saturated carbocycles. The molecule has 2 fully saturated rings. The second-order valence-corrected chi connectivity index (χ2v) is 9.24. The Morgan fingerprint density at radius 3 is 2.45 bits per heavy atom. The van der Waals surface area contributed by atoms with Gasteiger partial charge < -0.3 is 19.6 Å². The van der Waals surface area contributed by atoms with E-state index in [2.05, 4.69) is 79.4 Å². The third-order valence-electron chi connectivity index (χ3n) is 6.69. The van der Waals surface area contributed by atoms with Gasteiger partial charge in [0.15, 0.2) is 0 Å². The fraction of sp³-hybridized carbons (Fsp3) is 0.435. The number of fused-ring (bicyclic) bond motifs is 1. The summed E-state index contributed by atoms with van der Waals surface area (Å²) < 4.78 is 12.4. The van der Waals surface area contributed by atoms with Crippen LogP contribution in [0.25, 0.3) is 22.0 Å². The number of rotatable bonds is 3. The van der Waals surface area contributed by atoms with Crippen molar-refractivity contribution in [1.82, 2.24) is 15.3 Å². The van der Waals surface area contributed by atoms with Crippen LogP contribution in [0.3, 0.4) is 0 Å². The number of nitrogens with zero attached hydrogens (tertiary/aromatic N) is 1. The van der Waals surface area contributed by atoms with E-state index in [4.69, 9.17) is 9.31 Å². The summed E-state index contributed by atoms with van der Waals surface area (Å²) in [5.41, 5.74) is 2.61. The highest BCUT2D eigenvalue weighted by atomic mass is 16.7. The van der Waals surface area contributed by atoms with Crippen LogP contribution in [0.4, 0.5) is 0 Å². The van der Waals surface area contributed by atoms with Crippen molar-refractivity contribution in [1.29, 1.82) is 0 Å². The van der Waals surface area contributed by atoms with Gasteiger partial charge in [0.05, 0.1) is 29.1 Å². The molecular weight excluding hydrogens is 361 g/mol. The molecule has 0 amide bonds. The fourth-order valence-electron chi connectivity index (χ4n) is 4.14. The number of H-pyrrole nitrogens is 1. The van der Waals surface area contributed by atoms with Crippen molar-refractivity contribution >= 4 is 23.4 Å². The highest BCUT2D eigenvalue weighted by Gasteiger charge is 2.51. The number of hydrogen-bond donors (Lipinski definition) is 2. The zero-order chi connectivity index (χ0) is 20.2. The van der Waals surface area contributed by atoms with Gasteiger partial charge in [-0.2, -0.15) is 0 Å². The van der Waals surface area contributed by atoms with Crippen molar-refractivity contribution in [2.24, 2.45) is 0 Å². The van der Waals surface area contributed by atoms with Gasteiger partial charge in [-0.15, -0.1) is 0 Å². The normalized spacial score (nSPS) is 23.2. The Morgan fingerprint density at radius 1 is 1.00 bits per heavy atom. The second-order valence-electron chi connectivity index (χ2n) is 9.24. The summed E-state index contributed by atoms with van der Waals surface area (Å²) in [6.45, 7) is 9.40. The lowest BCUT2D eigenvalue weighted by atomic mass is 9.78. The van der Waals surface area contributed by atoms with Gasteiger partial charge in [0, 0.05) is 5.56 Å². The van der Waals surface area contributed by atoms with Crippen molar-refractivity contribution < 1.29 is 9.31 Å². The van der Waals surface area contributed by atoms with Crippen LogP contribution in [0.5, 0.6) is 0 Å². The minimum atomic E-state index is -0.335. The molecule has 150 valence electrons. The number of imidazole rings is 1. The molecule has 0 bridgehead atoms. The number of aromatic amines is 1. The maximum atomic E-state index is 6.20. The Balaban J connectivity index is 1.42. The third kappa shape index (κ3) is 3.29. The van der Waals surface area contributed by atoms with Crippen molar-refractivity contribution in [3.8, 4) is 11.3 Å². The zero-order valence-electron chi connectivity index (χ0n) is 17.6. The molecule has 1 aromatic heterocycles. The first-order valence-corrected chi connectivity index (χ1v) is 10.5. The smallest absolute Gasteiger partial charge is 0.399 e. The molecule has 5 rings (SSSR count). The summed E-state index contributed by atoms with van der Waals surface area (Å²) in [7, 11) is -0.335. The molecule has 2 N–H and O–H groups in total. The Bertz CT molecular complexity index is 1040. The molecular formula is C23H28BN3O2. The average molecular weight is 389 g/mol. The standard InChI is InChI=1S/C23H28BN3O2/c1-22(2)23(3,4)29-24(28-22)18-10-9-15-12-17(8-7-16(15)13-18)20-14-26-21(27-20)19-6-5-11-25-19/h7-10,12-14,19,25H,5-6,11H2,1-4H3,(H,26,27)/t19-/m0/s1. The van der Waals surface area contributed by atoms with Gasteiger partial charge in [0.2, 0.25) is 0 Å². The minimum Gasteiger partial charge on any atom is -0.399 e. The van der Waals surface area contributed by atoms with Crippen molar-refractivity contribution in [3.05, 3.63) is 48.4 Å². The molecule has 2 saturated heterocycles. The highest BCUT2D eigenvalue weighted by molar-refractivity contribution is 6.62. The molecule has 2 aliphatic heterocycles. The monoisotopic (exact) mass is 389 g/mol. The van der Waals surface area contributed by atoms with E-state index in [9.17, 15) is 0 Å². The fourth-order valence-corrected chi connectivity index (χ4v) is 4.14. The van der Waals surface area contributed by atoms with Crippen LogP contribution < -0.4 is 10.8 Å². The van der Waals surface area contributed by atoms with Gasteiger partial charge in [0.25, 0.3) is 0 Å². The summed E-state index contributed by atoms with van der Waals surface area (Å²) in [5.74, 6) is 1.04. The van der Waals surface area contributed by atoms with Crippen LogP contribution in [0.2, 0.25) is 0 Å². The van der Waals surface area contributed by atoms with E-state index in [-0.39, 0.29) is 18.3 Å². The summed E-state index contributed by atoms with van der Waals surface area (Å²) in [6.07, 6.45) is 4.30. The van der Waals surface area contributed by atoms with Crippen LogP contribution in [0.15, 0.2) is 42.6 Å². The molecule has 0 unspecified atom stereocenters. The molecule has 1 atom stereocenters. The minimum absolute atomic E-state index is 0.330. The number of hydrogen-bond acceptors (Lipinski definition) is 4. The molecule has 3 aromatic rings. The zero-order valence-corrected chi connectivity index (χ0v) is 17.6. The van der Waals surface area contributed by atoms with Gasteiger partial charge in [-0.05, 0) is 69.4 Å². The molecule has 2 aromatic carbocycles. The molecule has 2 aliphatic rings. The number of aromatic nitrogens is 2. The lowest BCUT2D eigenvalue weighted by Crippen LogP contribution is -2.41. The molecule has 0 spiro atoms. The molecule has 0 radical (unpaired) electrons. The molecule has 3 heterocycles. The Hall–Kier alpha value is -2.15. The van der Waals surface area contributed by atoms with Crippen LogP contribution >= 0.6 is 0 Å². The predicted molar refractivity (Wildman–Crippen MR) is 117 cm³/mol. The summed E-state index contributed by atoms with van der Waals surface area (Å²) in [4.78, 5) is 8.09. The average Bonchev–Trinajstić information content (AvgIpc) is 3.41. The van der Waals surface area contributed by atoms with E-state index in [1.165, 1.54) is 17.2 Å². The van der Waals surface area contributed by atoms with E-state index in [0.717, 1.165) is 35.5 Å². The molecule has 6 heteroatoms. The molecule has 5 nitrogen and oxygen atoms in total. The quantitative estimate of drug-likeness (QED) is 0.666. The van der Waals surface area contributed by atoms with Crippen molar-refractivity contribution in [3.63, 3.8) is 0 Å². The maximum absolute atomic E-state index is 6.20. The maximum Gasteiger partial charge on any atom is 0.494 e. The van der Waals surface area contributed by atoms with Crippen molar-refractivity contribution in [2.75, 3.05) is 6.54 Å². The van der Waals surface area contributed by atoms with Gasteiger partial charge in [0.1, 0.15) is 5.82 Å². The number of benzene rings is 2.